The van der Waals surface area contributed by atoms with Gasteiger partial charge >= 0.3 is 0 Å². The van der Waals surface area contributed by atoms with Crippen molar-refractivity contribution in [2.45, 2.75) is 25.3 Å². The second-order valence-corrected chi connectivity index (χ2v) is 8.70. The van der Waals surface area contributed by atoms with Crippen LogP contribution >= 0.6 is 11.6 Å². The molecule has 1 amide bonds. The molecule has 2 aromatic carbocycles. The number of rotatable bonds is 5. The summed E-state index contributed by atoms with van der Waals surface area (Å²) in [5.74, 6) is 1.12. The van der Waals surface area contributed by atoms with Crippen molar-refractivity contribution < 1.29 is 9.53 Å². The minimum atomic E-state index is -0.315. The molecule has 0 saturated carbocycles. The van der Waals surface area contributed by atoms with E-state index in [0.29, 0.717) is 60.3 Å². The molecule has 1 aliphatic rings. The minimum Gasteiger partial charge on any atom is -0.496 e. The Bertz CT molecular complexity index is 1410. The highest BCUT2D eigenvalue weighted by Gasteiger charge is 2.28. The number of methoxy groups -OCH3 is 1. The molecule has 1 saturated heterocycles. The number of hydrogen-bond acceptors (Lipinski definition) is 6. The maximum absolute atomic E-state index is 13.0. The van der Waals surface area contributed by atoms with Crippen LogP contribution in [-0.4, -0.2) is 56.0 Å². The van der Waals surface area contributed by atoms with Crippen molar-refractivity contribution in [2.75, 3.05) is 20.2 Å². The molecule has 1 aliphatic heterocycles. The lowest BCUT2D eigenvalue weighted by atomic mass is 9.95. The molecule has 10 heteroatoms. The lowest BCUT2D eigenvalue weighted by Crippen LogP contribution is -2.38. The number of aromatic amines is 1. The summed E-state index contributed by atoms with van der Waals surface area (Å²) in [5, 5.41) is 8.77. The average Bonchev–Trinajstić information content (AvgIpc) is 3.27. The van der Waals surface area contributed by atoms with Crippen LogP contribution < -0.4 is 10.3 Å². The maximum atomic E-state index is 13.0. The predicted octanol–water partition coefficient (Wildman–Crippen LogP) is 3.24. The van der Waals surface area contributed by atoms with Gasteiger partial charge < -0.3 is 14.6 Å². The molecule has 9 nitrogen and oxygen atoms in total. The molecule has 1 fully saturated rings. The van der Waals surface area contributed by atoms with Crippen molar-refractivity contribution in [1.82, 2.24) is 29.9 Å². The number of H-pyrrole nitrogens is 1. The first-order valence-electron chi connectivity index (χ1n) is 11.0. The summed E-state index contributed by atoms with van der Waals surface area (Å²) in [7, 11) is 1.56. The first kappa shape index (κ1) is 22.1. The van der Waals surface area contributed by atoms with Crippen molar-refractivity contribution >= 4 is 28.7 Å². The molecule has 4 aromatic rings. The van der Waals surface area contributed by atoms with E-state index in [1.54, 1.807) is 30.0 Å². The number of fused-ring (bicyclic) bond motifs is 1. The normalized spacial score (nSPS) is 14.5. The number of piperidine rings is 1. The van der Waals surface area contributed by atoms with E-state index in [9.17, 15) is 9.59 Å². The Morgan fingerprint density at radius 1 is 1.18 bits per heavy atom. The third-order valence-electron chi connectivity index (χ3n) is 6.12. The Morgan fingerprint density at radius 2 is 1.97 bits per heavy atom. The van der Waals surface area contributed by atoms with E-state index < -0.39 is 0 Å². The molecule has 5 rings (SSSR count). The van der Waals surface area contributed by atoms with Crippen LogP contribution in [0.25, 0.3) is 11.2 Å². The van der Waals surface area contributed by atoms with Crippen molar-refractivity contribution in [2.24, 2.45) is 0 Å². The summed E-state index contributed by atoms with van der Waals surface area (Å²) < 4.78 is 6.95. The fourth-order valence-corrected chi connectivity index (χ4v) is 4.55. The molecule has 0 spiro atoms. The maximum Gasteiger partial charge on any atom is 0.281 e. The quantitative estimate of drug-likeness (QED) is 0.472. The van der Waals surface area contributed by atoms with Gasteiger partial charge in [-0.15, -0.1) is 5.10 Å². The standard InChI is InChI=1S/C24H23ClN6O3/c1-34-19-8-3-2-7-18(19)24(33)30-11-9-16(10-12-30)21-26-22-20(23(32)27-21)28-29-31(22)14-15-5-4-6-17(25)13-15/h2-8,13,16H,9-12,14H2,1H3,(H,26,27,32). The van der Waals surface area contributed by atoms with Crippen molar-refractivity contribution in [3.05, 3.63) is 80.9 Å². The summed E-state index contributed by atoms with van der Waals surface area (Å²) in [5.41, 5.74) is 1.81. The molecule has 174 valence electrons. The van der Waals surface area contributed by atoms with Gasteiger partial charge in [-0.05, 0) is 42.7 Å². The summed E-state index contributed by atoms with van der Waals surface area (Å²) >= 11 is 6.09. The molecule has 1 N–H and O–H groups in total. The zero-order valence-electron chi connectivity index (χ0n) is 18.6. The summed E-state index contributed by atoms with van der Waals surface area (Å²) in [6.07, 6.45) is 1.37. The van der Waals surface area contributed by atoms with Gasteiger partial charge in [-0.3, -0.25) is 9.59 Å². The van der Waals surface area contributed by atoms with E-state index in [-0.39, 0.29) is 22.9 Å². The second kappa shape index (κ2) is 9.26. The highest BCUT2D eigenvalue weighted by molar-refractivity contribution is 6.30. The van der Waals surface area contributed by atoms with Gasteiger partial charge in [0.1, 0.15) is 11.6 Å². The van der Waals surface area contributed by atoms with Gasteiger partial charge in [0.05, 0.1) is 19.2 Å². The van der Waals surface area contributed by atoms with E-state index in [1.807, 2.05) is 35.2 Å². The van der Waals surface area contributed by atoms with Gasteiger partial charge in [0.2, 0.25) is 0 Å². The fourth-order valence-electron chi connectivity index (χ4n) is 4.34. The number of hydrogen-bond donors (Lipinski definition) is 1. The van der Waals surface area contributed by atoms with E-state index in [0.717, 1.165) is 5.56 Å². The summed E-state index contributed by atoms with van der Waals surface area (Å²) in [6.45, 7) is 1.52. The third kappa shape index (κ3) is 4.26. The van der Waals surface area contributed by atoms with Crippen LogP contribution in [0.3, 0.4) is 0 Å². The topological polar surface area (TPSA) is 106 Å². The number of ether oxygens (including phenoxy) is 1. The minimum absolute atomic E-state index is 0.0216. The number of nitrogens with zero attached hydrogens (tertiary/aromatic N) is 5. The lowest BCUT2D eigenvalue weighted by molar-refractivity contribution is 0.0707. The zero-order valence-corrected chi connectivity index (χ0v) is 19.3. The average molecular weight is 479 g/mol. The number of likely N-dealkylation sites (tertiary alicyclic amines) is 1. The Labute approximate surface area is 200 Å². The van der Waals surface area contributed by atoms with Crippen LogP contribution in [-0.2, 0) is 6.54 Å². The number of carbonyl (C=O) groups is 1. The Balaban J connectivity index is 1.35. The first-order valence-corrected chi connectivity index (χ1v) is 11.4. The van der Waals surface area contributed by atoms with Gasteiger partial charge in [0.25, 0.3) is 11.5 Å². The van der Waals surface area contributed by atoms with E-state index in [2.05, 4.69) is 15.3 Å². The summed E-state index contributed by atoms with van der Waals surface area (Å²) in [4.78, 5) is 35.1. The van der Waals surface area contributed by atoms with Crippen LogP contribution in [0.15, 0.2) is 53.3 Å². The monoisotopic (exact) mass is 478 g/mol. The number of aromatic nitrogens is 5. The van der Waals surface area contributed by atoms with Crippen LogP contribution in [0.1, 0.15) is 40.5 Å². The van der Waals surface area contributed by atoms with E-state index in [4.69, 9.17) is 21.3 Å². The van der Waals surface area contributed by atoms with Gasteiger partial charge in [-0.1, -0.05) is 41.1 Å². The van der Waals surface area contributed by atoms with Crippen molar-refractivity contribution in [1.29, 1.82) is 0 Å². The van der Waals surface area contributed by atoms with Gasteiger partial charge in [-0.2, -0.15) is 0 Å². The molecular formula is C24H23ClN6O3. The highest BCUT2D eigenvalue weighted by atomic mass is 35.5. The van der Waals surface area contributed by atoms with Gasteiger partial charge in [0, 0.05) is 24.0 Å². The third-order valence-corrected chi connectivity index (χ3v) is 6.35. The first-order chi connectivity index (χ1) is 16.5. The Kier molecular flexibility index (Phi) is 6.02. The number of para-hydroxylation sites is 1. The van der Waals surface area contributed by atoms with Crippen molar-refractivity contribution in [3.63, 3.8) is 0 Å². The van der Waals surface area contributed by atoms with Crippen LogP contribution in [0.5, 0.6) is 5.75 Å². The highest BCUT2D eigenvalue weighted by Crippen LogP contribution is 2.28. The molecule has 34 heavy (non-hydrogen) atoms. The van der Waals surface area contributed by atoms with Crippen molar-refractivity contribution in [3.8, 4) is 5.75 Å². The van der Waals surface area contributed by atoms with Crippen LogP contribution in [0.2, 0.25) is 5.02 Å². The van der Waals surface area contributed by atoms with Gasteiger partial charge in [0.15, 0.2) is 11.2 Å². The Hall–Kier alpha value is -3.72. The van der Waals surface area contributed by atoms with Gasteiger partial charge in [-0.25, -0.2) is 9.67 Å². The molecule has 3 heterocycles. The number of carbonyl (C=O) groups excluding carboxylic acids is 1. The molecular weight excluding hydrogens is 456 g/mol. The number of benzene rings is 2. The second-order valence-electron chi connectivity index (χ2n) is 8.27. The largest absolute Gasteiger partial charge is 0.496 e. The number of halogens is 1. The molecule has 2 aromatic heterocycles. The number of amides is 1. The van der Waals surface area contributed by atoms with Crippen LogP contribution in [0.4, 0.5) is 0 Å². The molecule has 0 aliphatic carbocycles. The molecule has 0 unspecified atom stereocenters. The molecule has 0 atom stereocenters. The zero-order chi connectivity index (χ0) is 23.7. The molecule has 0 radical (unpaired) electrons. The Morgan fingerprint density at radius 3 is 2.74 bits per heavy atom. The smallest absolute Gasteiger partial charge is 0.281 e. The summed E-state index contributed by atoms with van der Waals surface area (Å²) in [6, 6.07) is 14.7. The van der Waals surface area contributed by atoms with E-state index >= 15 is 0 Å². The SMILES string of the molecule is COc1ccccc1C(=O)N1CCC(c2nc3c(nnn3Cc3cccc(Cl)c3)c(=O)[nH]2)CC1. The molecule has 0 bridgehead atoms. The van der Waals surface area contributed by atoms with E-state index in [1.165, 1.54) is 0 Å². The predicted molar refractivity (Wildman–Crippen MR) is 127 cm³/mol. The van der Waals surface area contributed by atoms with Crippen LogP contribution in [0, 0.1) is 0 Å². The fraction of sp³-hybridized carbons (Fsp3) is 0.292. The number of nitrogens with one attached hydrogen (secondary N) is 1. The lowest BCUT2D eigenvalue weighted by Gasteiger charge is -2.31.